The second-order valence-electron chi connectivity index (χ2n) is 4.72. The molecule has 0 rings (SSSR count). The third-order valence-corrected chi connectivity index (χ3v) is 6.01. The molecule has 0 amide bonds. The molecule has 3 nitrogen and oxygen atoms in total. The molecule has 15 heteroatoms. The molecular weight excluding hydrogens is 405 g/mol. The van der Waals surface area contributed by atoms with E-state index in [1.165, 1.54) is 0 Å². The maximum absolute atomic E-state index is 13.5. The van der Waals surface area contributed by atoms with Gasteiger partial charge < -0.3 is 13.3 Å². The van der Waals surface area contributed by atoms with Crippen molar-refractivity contribution in [3.05, 3.63) is 0 Å². The van der Waals surface area contributed by atoms with Crippen molar-refractivity contribution >= 4 is 8.80 Å². The molecule has 0 saturated carbocycles. The lowest BCUT2D eigenvalue weighted by molar-refractivity contribution is -0.422. The molecule has 0 aromatic rings. The van der Waals surface area contributed by atoms with Gasteiger partial charge in [-0.2, -0.15) is 48.3 Å². The van der Waals surface area contributed by atoms with E-state index in [1.807, 2.05) is 0 Å². The van der Waals surface area contributed by atoms with Gasteiger partial charge in [0.2, 0.25) is 0 Å². The van der Waals surface area contributed by atoms with Crippen LogP contribution in [0.5, 0.6) is 0 Å². The summed E-state index contributed by atoms with van der Waals surface area (Å²) in [6.07, 6.45) is -9.44. The Morgan fingerprint density at radius 2 is 0.960 bits per heavy atom. The average Bonchev–Trinajstić information content (AvgIpc) is 2.47. The molecule has 0 aromatic carbocycles. The van der Waals surface area contributed by atoms with Gasteiger partial charge in [-0.25, -0.2) is 0 Å². The highest BCUT2D eigenvalue weighted by atomic mass is 28.4. The van der Waals surface area contributed by atoms with Gasteiger partial charge in [-0.15, -0.1) is 0 Å². The van der Waals surface area contributed by atoms with E-state index in [2.05, 4.69) is 13.3 Å². The van der Waals surface area contributed by atoms with Gasteiger partial charge in [-0.3, -0.25) is 0 Å². The van der Waals surface area contributed by atoms with Crippen LogP contribution >= 0.6 is 0 Å². The molecular formula is C10H13F11O3Si. The van der Waals surface area contributed by atoms with Gasteiger partial charge in [0.25, 0.3) is 0 Å². The van der Waals surface area contributed by atoms with Gasteiger partial charge >= 0.3 is 38.7 Å². The maximum atomic E-state index is 13.5. The first kappa shape index (κ1) is 24.3. The van der Waals surface area contributed by atoms with Crippen LogP contribution in [-0.4, -0.2) is 60.0 Å². The Hall–Kier alpha value is -0.673. The predicted octanol–water partition coefficient (Wildman–Crippen LogP) is 4.36. The van der Waals surface area contributed by atoms with Gasteiger partial charge in [0.1, 0.15) is 0 Å². The third-order valence-electron chi connectivity index (χ3n) is 3.28. The summed E-state index contributed by atoms with van der Waals surface area (Å²) < 4.78 is 154. The van der Waals surface area contributed by atoms with Crippen LogP contribution in [0.4, 0.5) is 48.3 Å². The Labute approximate surface area is 135 Å². The lowest BCUT2D eigenvalue weighted by Gasteiger charge is -2.37. The van der Waals surface area contributed by atoms with Gasteiger partial charge in [-0.05, 0) is 0 Å². The molecule has 0 spiro atoms. The Kier molecular flexibility index (Phi) is 6.96. The van der Waals surface area contributed by atoms with Gasteiger partial charge in [0.05, 0.1) is 0 Å². The molecule has 0 heterocycles. The van der Waals surface area contributed by atoms with Crippen molar-refractivity contribution in [1.82, 2.24) is 0 Å². The molecule has 25 heavy (non-hydrogen) atoms. The largest absolute Gasteiger partial charge is 0.500 e. The number of alkyl halides is 11. The predicted molar refractivity (Wildman–Crippen MR) is 62.0 cm³/mol. The van der Waals surface area contributed by atoms with Crippen molar-refractivity contribution in [3.63, 3.8) is 0 Å². The first-order valence-corrected chi connectivity index (χ1v) is 8.05. The molecule has 0 radical (unpaired) electrons. The summed E-state index contributed by atoms with van der Waals surface area (Å²) in [4.78, 5) is 0. The molecule has 0 aliphatic carbocycles. The summed E-state index contributed by atoms with van der Waals surface area (Å²) in [6, 6.07) is -1.26. The number of hydrogen-bond donors (Lipinski definition) is 0. The van der Waals surface area contributed by atoms with E-state index in [9.17, 15) is 48.3 Å². The minimum atomic E-state index is -7.42. The molecule has 152 valence electrons. The molecule has 0 unspecified atom stereocenters. The lowest BCUT2D eigenvalue weighted by Crippen LogP contribution is -2.66. The van der Waals surface area contributed by atoms with Crippen molar-refractivity contribution in [3.8, 4) is 0 Å². The fraction of sp³-hybridized carbons (Fsp3) is 1.00. The van der Waals surface area contributed by atoms with Crippen LogP contribution in [0, 0.1) is 0 Å². The highest BCUT2D eigenvalue weighted by Crippen LogP contribution is 2.58. The van der Waals surface area contributed by atoms with Crippen LogP contribution in [0.3, 0.4) is 0 Å². The minimum Gasteiger partial charge on any atom is -0.377 e. The van der Waals surface area contributed by atoms with E-state index in [-0.39, 0.29) is 0 Å². The number of halogens is 11. The summed E-state index contributed by atoms with van der Waals surface area (Å²) in [5.41, 5.74) is 0. The second kappa shape index (κ2) is 7.15. The summed E-state index contributed by atoms with van der Waals surface area (Å²) in [5.74, 6) is -27.8. The minimum absolute atomic E-state index is 0.849. The van der Waals surface area contributed by atoms with E-state index < -0.39 is 51.1 Å². The van der Waals surface area contributed by atoms with E-state index in [0.717, 1.165) is 21.3 Å². The van der Waals surface area contributed by atoms with Crippen LogP contribution in [0.15, 0.2) is 0 Å². The quantitative estimate of drug-likeness (QED) is 0.412. The summed E-state index contributed by atoms with van der Waals surface area (Å²) in [5, 5.41) is 0. The molecule has 0 fully saturated rings. The lowest BCUT2D eigenvalue weighted by atomic mass is 9.96. The van der Waals surface area contributed by atoms with Crippen molar-refractivity contribution < 1.29 is 61.6 Å². The molecule has 0 N–H and O–H groups in total. The Morgan fingerprint density at radius 1 is 0.600 bits per heavy atom. The number of rotatable bonds is 9. The van der Waals surface area contributed by atoms with Gasteiger partial charge in [-0.1, -0.05) is 0 Å². The zero-order valence-corrected chi connectivity index (χ0v) is 13.8. The van der Waals surface area contributed by atoms with Crippen molar-refractivity contribution in [2.24, 2.45) is 0 Å². The average molecular weight is 418 g/mol. The van der Waals surface area contributed by atoms with E-state index in [4.69, 9.17) is 0 Å². The van der Waals surface area contributed by atoms with Crippen molar-refractivity contribution in [2.45, 2.75) is 42.3 Å². The Morgan fingerprint density at radius 3 is 1.24 bits per heavy atom. The first-order valence-electron chi connectivity index (χ1n) is 6.12. The summed E-state index contributed by atoms with van der Waals surface area (Å²) >= 11 is 0. The van der Waals surface area contributed by atoms with Crippen LogP contribution in [0.1, 0.15) is 6.42 Å². The van der Waals surface area contributed by atoms with Gasteiger partial charge in [0, 0.05) is 33.8 Å². The van der Waals surface area contributed by atoms with Gasteiger partial charge in [0.15, 0.2) is 0 Å². The Balaban J connectivity index is 5.74. The third kappa shape index (κ3) is 4.03. The van der Waals surface area contributed by atoms with Crippen LogP contribution < -0.4 is 0 Å². The first-order chi connectivity index (χ1) is 10.9. The summed E-state index contributed by atoms with van der Waals surface area (Å²) in [7, 11) is -1.47. The summed E-state index contributed by atoms with van der Waals surface area (Å²) in [6.45, 7) is 0. The monoisotopic (exact) mass is 418 g/mol. The van der Waals surface area contributed by atoms with Crippen LogP contribution in [0.25, 0.3) is 0 Å². The second-order valence-corrected chi connectivity index (χ2v) is 7.81. The van der Waals surface area contributed by atoms with E-state index >= 15 is 0 Å². The zero-order chi connectivity index (χ0) is 20.5. The molecule has 0 aliphatic rings. The van der Waals surface area contributed by atoms with Crippen LogP contribution in [0.2, 0.25) is 6.04 Å². The normalized spacial score (nSPS) is 15.6. The molecule has 0 aromatic heterocycles. The molecule has 0 saturated heterocycles. The highest BCUT2D eigenvalue weighted by molar-refractivity contribution is 6.60. The fourth-order valence-electron chi connectivity index (χ4n) is 1.63. The molecule has 0 bridgehead atoms. The molecule has 0 aliphatic heterocycles. The van der Waals surface area contributed by atoms with E-state index in [0.29, 0.717) is 0 Å². The SMILES string of the molecule is CO[Si](CCC(F)(F)C(F)(F)C(F)(F)C(F)(F)C(F)(F)F)(OC)OC. The zero-order valence-electron chi connectivity index (χ0n) is 12.8. The standard InChI is InChI=1S/C10H13F11O3Si/c1-22-25(23-2,24-3)5-4-6(11,12)7(13,14)8(15,16)9(17,18)10(19,20)21/h4-5H2,1-3H3. The Bertz CT molecular complexity index is 440. The molecule has 0 atom stereocenters. The maximum Gasteiger partial charge on any atom is 0.500 e. The fourth-order valence-corrected chi connectivity index (χ4v) is 3.36. The highest BCUT2D eigenvalue weighted by Gasteiger charge is 2.86. The topological polar surface area (TPSA) is 27.7 Å². The van der Waals surface area contributed by atoms with E-state index in [1.54, 1.807) is 0 Å². The van der Waals surface area contributed by atoms with Crippen molar-refractivity contribution in [1.29, 1.82) is 0 Å². The number of hydrogen-bond acceptors (Lipinski definition) is 3. The van der Waals surface area contributed by atoms with Crippen molar-refractivity contribution in [2.75, 3.05) is 21.3 Å². The van der Waals surface area contributed by atoms with Crippen LogP contribution in [-0.2, 0) is 13.3 Å². The smallest absolute Gasteiger partial charge is 0.377 e.